The Bertz CT molecular complexity index is 336. The summed E-state index contributed by atoms with van der Waals surface area (Å²) in [5.74, 6) is 0. The van der Waals surface area contributed by atoms with E-state index in [0.717, 1.165) is 38.0 Å². The summed E-state index contributed by atoms with van der Waals surface area (Å²) >= 11 is 0. The average Bonchev–Trinajstić information content (AvgIpc) is 2.28. The summed E-state index contributed by atoms with van der Waals surface area (Å²) in [5, 5.41) is 10.4. The van der Waals surface area contributed by atoms with Crippen LogP contribution in [-0.2, 0) is 0 Å². The van der Waals surface area contributed by atoms with E-state index in [9.17, 15) is 5.11 Å². The quantitative estimate of drug-likeness (QED) is 0.800. The van der Waals surface area contributed by atoms with Gasteiger partial charge in [-0.15, -0.1) is 0 Å². The third-order valence-corrected chi connectivity index (χ3v) is 3.14. The lowest BCUT2D eigenvalue weighted by Gasteiger charge is -2.24. The molecule has 1 aromatic carbocycles. The van der Waals surface area contributed by atoms with Gasteiger partial charge in [0.05, 0.1) is 6.10 Å². The Morgan fingerprint density at radius 3 is 1.94 bits per heavy atom. The Kier molecular flexibility index (Phi) is 6.37. The van der Waals surface area contributed by atoms with Crippen LogP contribution in [0.2, 0.25) is 0 Å². The highest BCUT2D eigenvalue weighted by Crippen LogP contribution is 2.18. The van der Waals surface area contributed by atoms with Crippen molar-refractivity contribution in [2.45, 2.75) is 46.6 Å². The molecular formula is C16H27NO. The van der Waals surface area contributed by atoms with Crippen molar-refractivity contribution in [2.24, 2.45) is 0 Å². The standard InChI is InChI=1S/C16H27NO/c1-5-7-17(8-6-2)12-16(18)15-10-13(3)9-14(4)11-15/h9-11,16,18H,5-8,12H2,1-4H3. The lowest BCUT2D eigenvalue weighted by atomic mass is 10.0. The minimum atomic E-state index is -0.373. The number of hydrogen-bond donors (Lipinski definition) is 1. The third kappa shape index (κ3) is 4.79. The third-order valence-electron chi connectivity index (χ3n) is 3.14. The second kappa shape index (κ2) is 7.55. The van der Waals surface area contributed by atoms with Crippen LogP contribution in [0.4, 0.5) is 0 Å². The number of rotatable bonds is 7. The van der Waals surface area contributed by atoms with Crippen molar-refractivity contribution in [3.63, 3.8) is 0 Å². The maximum absolute atomic E-state index is 10.4. The van der Waals surface area contributed by atoms with Gasteiger partial charge in [0.15, 0.2) is 0 Å². The van der Waals surface area contributed by atoms with Crippen LogP contribution in [0.15, 0.2) is 18.2 Å². The molecule has 0 heterocycles. The number of aliphatic hydroxyl groups excluding tert-OH is 1. The highest BCUT2D eigenvalue weighted by Gasteiger charge is 2.13. The maximum atomic E-state index is 10.4. The molecule has 0 amide bonds. The van der Waals surface area contributed by atoms with Crippen LogP contribution in [0, 0.1) is 13.8 Å². The average molecular weight is 249 g/mol. The summed E-state index contributed by atoms with van der Waals surface area (Å²) in [6, 6.07) is 6.33. The van der Waals surface area contributed by atoms with Gasteiger partial charge in [0, 0.05) is 6.54 Å². The molecule has 0 saturated heterocycles. The molecule has 0 fully saturated rings. The van der Waals surface area contributed by atoms with E-state index in [2.05, 4.69) is 50.8 Å². The van der Waals surface area contributed by atoms with Gasteiger partial charge in [-0.25, -0.2) is 0 Å². The van der Waals surface area contributed by atoms with Crippen LogP contribution in [0.3, 0.4) is 0 Å². The minimum absolute atomic E-state index is 0.373. The zero-order chi connectivity index (χ0) is 13.5. The van der Waals surface area contributed by atoms with Gasteiger partial charge in [0.25, 0.3) is 0 Å². The molecule has 18 heavy (non-hydrogen) atoms. The van der Waals surface area contributed by atoms with Gasteiger partial charge in [-0.1, -0.05) is 43.2 Å². The number of benzene rings is 1. The molecule has 1 rings (SSSR count). The SMILES string of the molecule is CCCN(CCC)CC(O)c1cc(C)cc(C)c1. The number of nitrogens with zero attached hydrogens (tertiary/aromatic N) is 1. The van der Waals surface area contributed by atoms with E-state index >= 15 is 0 Å². The fourth-order valence-electron chi connectivity index (χ4n) is 2.48. The second-order valence-corrected chi connectivity index (χ2v) is 5.24. The van der Waals surface area contributed by atoms with Crippen LogP contribution in [0.1, 0.15) is 49.5 Å². The molecule has 0 aliphatic rings. The lowest BCUT2D eigenvalue weighted by Crippen LogP contribution is -2.30. The van der Waals surface area contributed by atoms with Gasteiger partial charge < -0.3 is 10.0 Å². The molecule has 1 atom stereocenters. The highest BCUT2D eigenvalue weighted by molar-refractivity contribution is 5.30. The number of aliphatic hydroxyl groups is 1. The van der Waals surface area contributed by atoms with Gasteiger partial charge in [-0.2, -0.15) is 0 Å². The highest BCUT2D eigenvalue weighted by atomic mass is 16.3. The van der Waals surface area contributed by atoms with Crippen molar-refractivity contribution in [2.75, 3.05) is 19.6 Å². The predicted octanol–water partition coefficient (Wildman–Crippen LogP) is 3.46. The molecule has 1 unspecified atom stereocenters. The van der Waals surface area contributed by atoms with Gasteiger partial charge >= 0.3 is 0 Å². The lowest BCUT2D eigenvalue weighted by molar-refractivity contribution is 0.113. The van der Waals surface area contributed by atoms with E-state index in [-0.39, 0.29) is 6.10 Å². The van der Waals surface area contributed by atoms with Crippen molar-refractivity contribution >= 4 is 0 Å². The van der Waals surface area contributed by atoms with E-state index in [0.29, 0.717) is 0 Å². The van der Waals surface area contributed by atoms with E-state index in [1.165, 1.54) is 11.1 Å². The van der Waals surface area contributed by atoms with Gasteiger partial charge in [0.1, 0.15) is 0 Å². The normalized spacial score (nSPS) is 13.0. The first-order chi connectivity index (χ1) is 8.56. The fourth-order valence-corrected chi connectivity index (χ4v) is 2.48. The molecule has 0 saturated carbocycles. The summed E-state index contributed by atoms with van der Waals surface area (Å²) in [7, 11) is 0. The topological polar surface area (TPSA) is 23.5 Å². The first-order valence-electron chi connectivity index (χ1n) is 7.05. The second-order valence-electron chi connectivity index (χ2n) is 5.24. The Labute approximate surface area is 112 Å². The summed E-state index contributed by atoms with van der Waals surface area (Å²) in [6.07, 6.45) is 1.90. The summed E-state index contributed by atoms with van der Waals surface area (Å²) in [5.41, 5.74) is 3.49. The van der Waals surface area contributed by atoms with E-state index < -0.39 is 0 Å². The molecule has 2 heteroatoms. The molecule has 0 bridgehead atoms. The summed E-state index contributed by atoms with van der Waals surface area (Å²) in [4.78, 5) is 2.35. The zero-order valence-electron chi connectivity index (χ0n) is 12.2. The number of hydrogen-bond acceptors (Lipinski definition) is 2. The van der Waals surface area contributed by atoms with Crippen LogP contribution in [-0.4, -0.2) is 29.6 Å². The Balaban J connectivity index is 2.69. The molecule has 102 valence electrons. The van der Waals surface area contributed by atoms with Crippen molar-refractivity contribution in [3.05, 3.63) is 34.9 Å². The molecule has 0 spiro atoms. The van der Waals surface area contributed by atoms with Gasteiger partial charge in [0.2, 0.25) is 0 Å². The first kappa shape index (κ1) is 15.2. The molecule has 0 aliphatic heterocycles. The maximum Gasteiger partial charge on any atom is 0.0917 e. The van der Waals surface area contributed by atoms with Crippen molar-refractivity contribution in [1.29, 1.82) is 0 Å². The molecule has 2 nitrogen and oxygen atoms in total. The molecule has 1 aromatic rings. The first-order valence-corrected chi connectivity index (χ1v) is 7.05. The Hall–Kier alpha value is -0.860. The fraction of sp³-hybridized carbons (Fsp3) is 0.625. The summed E-state index contributed by atoms with van der Waals surface area (Å²) in [6.45, 7) is 11.4. The molecule has 0 aliphatic carbocycles. The number of aryl methyl sites for hydroxylation is 2. The Morgan fingerprint density at radius 1 is 1.00 bits per heavy atom. The van der Waals surface area contributed by atoms with Crippen molar-refractivity contribution in [1.82, 2.24) is 4.90 Å². The van der Waals surface area contributed by atoms with Gasteiger partial charge in [-0.3, -0.25) is 0 Å². The summed E-state index contributed by atoms with van der Waals surface area (Å²) < 4.78 is 0. The monoisotopic (exact) mass is 249 g/mol. The van der Waals surface area contributed by atoms with E-state index in [4.69, 9.17) is 0 Å². The smallest absolute Gasteiger partial charge is 0.0917 e. The van der Waals surface area contributed by atoms with Crippen LogP contribution >= 0.6 is 0 Å². The van der Waals surface area contributed by atoms with E-state index in [1.54, 1.807) is 0 Å². The molecule has 1 N–H and O–H groups in total. The van der Waals surface area contributed by atoms with Crippen LogP contribution < -0.4 is 0 Å². The molecule has 0 aromatic heterocycles. The molecular weight excluding hydrogens is 222 g/mol. The van der Waals surface area contributed by atoms with Gasteiger partial charge in [-0.05, 0) is 45.3 Å². The molecule has 0 radical (unpaired) electrons. The van der Waals surface area contributed by atoms with Crippen molar-refractivity contribution in [3.8, 4) is 0 Å². The predicted molar refractivity (Wildman–Crippen MR) is 77.9 cm³/mol. The van der Waals surface area contributed by atoms with Crippen LogP contribution in [0.25, 0.3) is 0 Å². The van der Waals surface area contributed by atoms with E-state index in [1.807, 2.05) is 0 Å². The zero-order valence-corrected chi connectivity index (χ0v) is 12.2. The Morgan fingerprint density at radius 2 is 1.50 bits per heavy atom. The largest absolute Gasteiger partial charge is 0.387 e. The minimum Gasteiger partial charge on any atom is -0.387 e. The van der Waals surface area contributed by atoms with Crippen molar-refractivity contribution < 1.29 is 5.11 Å². The van der Waals surface area contributed by atoms with Crippen LogP contribution in [0.5, 0.6) is 0 Å².